The summed E-state index contributed by atoms with van der Waals surface area (Å²) in [6.45, 7) is 1.71. The number of aromatic nitrogens is 1. The van der Waals surface area contributed by atoms with Crippen LogP contribution >= 0.6 is 11.6 Å². The van der Waals surface area contributed by atoms with E-state index in [0.717, 1.165) is 77.7 Å². The number of carbonyl (C=O) groups excluding carboxylic acids is 1. The minimum absolute atomic E-state index is 0.297. The largest absolute Gasteiger partial charge is 0.490 e. The molecule has 11 nitrogen and oxygen atoms in total. The Bertz CT molecular complexity index is 1530. The van der Waals surface area contributed by atoms with Gasteiger partial charge in [-0.25, -0.2) is 4.79 Å². The summed E-state index contributed by atoms with van der Waals surface area (Å²) in [6, 6.07) is 13.7. The van der Waals surface area contributed by atoms with Crippen molar-refractivity contribution < 1.29 is 39.8 Å². The Hall–Kier alpha value is -3.29. The van der Waals surface area contributed by atoms with E-state index in [0.29, 0.717) is 30.7 Å². The molecule has 260 valence electrons. The summed E-state index contributed by atoms with van der Waals surface area (Å²) in [6.07, 6.45) is 3.69. The van der Waals surface area contributed by atoms with Crippen LogP contribution < -0.4 is 15.4 Å². The second-order valence-corrected chi connectivity index (χ2v) is 13.2. The van der Waals surface area contributed by atoms with Gasteiger partial charge in [-0.1, -0.05) is 35.9 Å². The SMILES string of the molecule is Cc1cc(COC2(c3cnccc3-c3ccccc3OC3CC3)CC2)c(Cl)cc1CCCCNC(=O)NC[C@H](O)[C@@H](O)C(O)C(O)CO. The highest BCUT2D eigenvalue weighted by atomic mass is 35.5. The highest BCUT2D eigenvalue weighted by Crippen LogP contribution is 2.53. The molecule has 0 saturated heterocycles. The van der Waals surface area contributed by atoms with Crippen molar-refractivity contribution >= 4 is 17.6 Å². The molecule has 0 radical (unpaired) electrons. The molecule has 4 atom stereocenters. The van der Waals surface area contributed by atoms with Crippen LogP contribution in [0.1, 0.15) is 60.8 Å². The highest BCUT2D eigenvalue weighted by Gasteiger charge is 2.48. The van der Waals surface area contributed by atoms with Gasteiger partial charge in [-0.05, 0) is 92.3 Å². The zero-order chi connectivity index (χ0) is 34.3. The number of unbranched alkanes of at least 4 members (excludes halogenated alkanes) is 1. The molecule has 12 heteroatoms. The van der Waals surface area contributed by atoms with Crippen LogP contribution in [0, 0.1) is 6.92 Å². The molecule has 0 aliphatic heterocycles. The zero-order valence-corrected chi connectivity index (χ0v) is 27.9. The monoisotopic (exact) mass is 683 g/mol. The Morgan fingerprint density at radius 1 is 1.00 bits per heavy atom. The van der Waals surface area contributed by atoms with Crippen molar-refractivity contribution in [3.63, 3.8) is 0 Å². The van der Waals surface area contributed by atoms with Crippen molar-refractivity contribution in [2.45, 2.75) is 94.6 Å². The van der Waals surface area contributed by atoms with E-state index < -0.39 is 42.7 Å². The number of nitrogens with one attached hydrogen (secondary N) is 2. The minimum atomic E-state index is -1.75. The maximum atomic E-state index is 12.1. The molecule has 2 saturated carbocycles. The molecule has 2 aliphatic rings. The van der Waals surface area contributed by atoms with Gasteiger partial charge in [-0.3, -0.25) is 4.98 Å². The van der Waals surface area contributed by atoms with Crippen molar-refractivity contribution in [2.24, 2.45) is 0 Å². The molecule has 7 N–H and O–H groups in total. The predicted octanol–water partition coefficient (Wildman–Crippen LogP) is 3.52. The lowest BCUT2D eigenvalue weighted by Gasteiger charge is -2.25. The normalized spacial score (nSPS) is 17.6. The van der Waals surface area contributed by atoms with Gasteiger partial charge in [-0.15, -0.1) is 0 Å². The second-order valence-electron chi connectivity index (χ2n) is 12.8. The molecule has 5 rings (SSSR count). The van der Waals surface area contributed by atoms with Crippen molar-refractivity contribution in [3.8, 4) is 16.9 Å². The molecule has 2 fully saturated rings. The number of aliphatic hydroxyl groups excluding tert-OH is 5. The average Bonchev–Trinajstić information content (AvgIpc) is 4.04. The fourth-order valence-electron chi connectivity index (χ4n) is 5.72. The smallest absolute Gasteiger partial charge is 0.314 e. The molecule has 1 aromatic heterocycles. The van der Waals surface area contributed by atoms with Gasteiger partial charge in [0.25, 0.3) is 0 Å². The number of hydrogen-bond acceptors (Lipinski definition) is 9. The number of carbonyl (C=O) groups is 1. The summed E-state index contributed by atoms with van der Waals surface area (Å²) < 4.78 is 12.8. The van der Waals surface area contributed by atoms with Gasteiger partial charge in [0.05, 0.1) is 31.0 Å². The number of halogens is 1. The highest BCUT2D eigenvalue weighted by molar-refractivity contribution is 6.31. The topological polar surface area (TPSA) is 174 Å². The van der Waals surface area contributed by atoms with Crippen molar-refractivity contribution in [2.75, 3.05) is 19.7 Å². The van der Waals surface area contributed by atoms with Crippen LogP contribution in [0.15, 0.2) is 54.9 Å². The van der Waals surface area contributed by atoms with Crippen LogP contribution in [0.4, 0.5) is 4.79 Å². The average molecular weight is 684 g/mol. The summed E-state index contributed by atoms with van der Waals surface area (Å²) in [5, 5.41) is 53.5. The van der Waals surface area contributed by atoms with Crippen LogP contribution in [-0.2, 0) is 23.4 Å². The van der Waals surface area contributed by atoms with Gasteiger partial charge in [0.15, 0.2) is 0 Å². The maximum Gasteiger partial charge on any atom is 0.314 e. The third kappa shape index (κ3) is 9.23. The van der Waals surface area contributed by atoms with E-state index in [1.165, 1.54) is 0 Å². The number of aliphatic hydroxyl groups is 5. The third-order valence-corrected chi connectivity index (χ3v) is 9.33. The number of ether oxygens (including phenoxy) is 2. The van der Waals surface area contributed by atoms with Gasteiger partial charge in [0.2, 0.25) is 0 Å². The third-order valence-electron chi connectivity index (χ3n) is 8.98. The number of amides is 2. The Labute approximate surface area is 285 Å². The van der Waals surface area contributed by atoms with Crippen LogP contribution in [0.25, 0.3) is 11.1 Å². The van der Waals surface area contributed by atoms with Gasteiger partial charge < -0.3 is 45.6 Å². The number of hydrogen-bond donors (Lipinski definition) is 7. The van der Waals surface area contributed by atoms with E-state index in [4.69, 9.17) is 26.2 Å². The van der Waals surface area contributed by atoms with E-state index in [9.17, 15) is 25.2 Å². The number of urea groups is 1. The molecule has 2 aliphatic carbocycles. The van der Waals surface area contributed by atoms with Crippen LogP contribution in [0.2, 0.25) is 5.02 Å². The summed E-state index contributed by atoms with van der Waals surface area (Å²) in [4.78, 5) is 16.5. The lowest BCUT2D eigenvalue weighted by Crippen LogP contribution is -2.50. The zero-order valence-electron chi connectivity index (χ0n) is 27.1. The fourth-order valence-corrected chi connectivity index (χ4v) is 5.96. The quantitative estimate of drug-likeness (QED) is 0.0991. The number of aryl methyl sites for hydroxylation is 2. The first kappa shape index (κ1) is 36.0. The molecular formula is C36H46ClN3O8. The Morgan fingerprint density at radius 2 is 1.75 bits per heavy atom. The lowest BCUT2D eigenvalue weighted by molar-refractivity contribution is -0.113. The molecule has 1 heterocycles. The van der Waals surface area contributed by atoms with Crippen LogP contribution in [0.5, 0.6) is 5.75 Å². The first-order chi connectivity index (χ1) is 23.1. The minimum Gasteiger partial charge on any atom is -0.490 e. The molecule has 48 heavy (non-hydrogen) atoms. The number of para-hydroxylation sites is 1. The summed E-state index contributed by atoms with van der Waals surface area (Å²) in [7, 11) is 0. The van der Waals surface area contributed by atoms with Gasteiger partial charge in [-0.2, -0.15) is 0 Å². The fraction of sp³-hybridized carbons (Fsp3) is 0.500. The Balaban J connectivity index is 1.09. The number of benzene rings is 2. The van der Waals surface area contributed by atoms with Gasteiger partial charge >= 0.3 is 6.03 Å². The van der Waals surface area contributed by atoms with Crippen LogP contribution in [0.3, 0.4) is 0 Å². The van der Waals surface area contributed by atoms with Crippen LogP contribution in [-0.4, -0.2) is 86.8 Å². The van der Waals surface area contributed by atoms with Gasteiger partial charge in [0.1, 0.15) is 24.1 Å². The summed E-state index contributed by atoms with van der Waals surface area (Å²) in [5.41, 5.74) is 5.93. The van der Waals surface area contributed by atoms with E-state index in [-0.39, 0.29) is 6.54 Å². The van der Waals surface area contributed by atoms with E-state index in [1.54, 1.807) is 0 Å². The second kappa shape index (κ2) is 16.4. The number of nitrogens with zero attached hydrogens (tertiary/aromatic N) is 1. The number of rotatable bonds is 18. The standard InChI is InChI=1S/C36H46ClN3O8/c1-22-16-24(29(37)17-23(22)6-4-5-14-39-35(46)40-19-30(42)33(44)34(45)31(43)20-41)21-47-36(12-13-36)28-18-38-15-11-26(28)27-7-2-3-8-32(27)48-25-9-10-25/h2-3,7-8,11,15-18,25,30-31,33-34,41-45H,4-6,9-10,12-14,19-21H2,1H3,(H2,39,40,46)/t30-,31?,33+,34?/m0/s1. The molecule has 2 aromatic carbocycles. The van der Waals surface area contributed by atoms with Crippen molar-refractivity contribution in [1.29, 1.82) is 0 Å². The molecular weight excluding hydrogens is 638 g/mol. The molecule has 0 bridgehead atoms. The predicted molar refractivity (Wildman–Crippen MR) is 181 cm³/mol. The molecule has 2 unspecified atom stereocenters. The lowest BCUT2D eigenvalue weighted by atomic mass is 9.96. The Kier molecular flexibility index (Phi) is 12.3. The van der Waals surface area contributed by atoms with Crippen molar-refractivity contribution in [1.82, 2.24) is 15.6 Å². The molecule has 2 amide bonds. The molecule has 3 aromatic rings. The summed E-state index contributed by atoms with van der Waals surface area (Å²) in [5.74, 6) is 0.891. The molecule has 0 spiro atoms. The van der Waals surface area contributed by atoms with Crippen molar-refractivity contribution in [3.05, 3.63) is 82.1 Å². The number of pyridine rings is 1. The van der Waals surface area contributed by atoms with E-state index >= 15 is 0 Å². The van der Waals surface area contributed by atoms with E-state index in [2.05, 4.69) is 34.7 Å². The van der Waals surface area contributed by atoms with Gasteiger partial charge in [0, 0.05) is 41.6 Å². The first-order valence-corrected chi connectivity index (χ1v) is 17.0. The Morgan fingerprint density at radius 3 is 2.48 bits per heavy atom. The van der Waals surface area contributed by atoms with E-state index in [1.807, 2.05) is 42.7 Å². The first-order valence-electron chi connectivity index (χ1n) is 16.6. The maximum absolute atomic E-state index is 12.1. The summed E-state index contributed by atoms with van der Waals surface area (Å²) >= 11 is 6.75.